The van der Waals surface area contributed by atoms with E-state index in [9.17, 15) is 0 Å². The Balaban J connectivity index is 1.96. The van der Waals surface area contributed by atoms with Crippen molar-refractivity contribution in [2.24, 2.45) is 5.92 Å². The van der Waals surface area contributed by atoms with Crippen molar-refractivity contribution in [2.45, 2.75) is 44.4 Å². The minimum Gasteiger partial charge on any atom is -0.123 e. The third kappa shape index (κ3) is 3.24. The van der Waals surface area contributed by atoms with Gasteiger partial charge in [0.1, 0.15) is 0 Å². The summed E-state index contributed by atoms with van der Waals surface area (Å²) in [6.45, 7) is 2.16. The van der Waals surface area contributed by atoms with Gasteiger partial charge < -0.3 is 0 Å². The zero-order valence-corrected chi connectivity index (χ0v) is 10.1. The number of hydrogen-bond acceptors (Lipinski definition) is 0. The summed E-state index contributed by atoms with van der Waals surface area (Å²) in [6.07, 6.45) is 6.30. The predicted molar refractivity (Wildman–Crippen MR) is 66.5 cm³/mol. The van der Waals surface area contributed by atoms with Crippen molar-refractivity contribution in [1.29, 1.82) is 0 Å². The molecule has 2 rings (SSSR count). The fraction of sp³-hybridized carbons (Fsp3) is 0.571. The van der Waals surface area contributed by atoms with Crippen molar-refractivity contribution in [3.05, 3.63) is 35.4 Å². The summed E-state index contributed by atoms with van der Waals surface area (Å²) in [4.78, 5) is 0. The van der Waals surface area contributed by atoms with Crippen LogP contribution in [-0.4, -0.2) is 5.38 Å². The van der Waals surface area contributed by atoms with E-state index >= 15 is 0 Å². The summed E-state index contributed by atoms with van der Waals surface area (Å²) in [5.41, 5.74) is 2.84. The van der Waals surface area contributed by atoms with Crippen LogP contribution in [0.2, 0.25) is 0 Å². The molecule has 0 amide bonds. The molecule has 0 aliphatic heterocycles. The Morgan fingerprint density at radius 1 is 1.33 bits per heavy atom. The monoisotopic (exact) mass is 222 g/mol. The second-order valence-electron chi connectivity index (χ2n) is 4.82. The molecule has 0 nitrogen and oxygen atoms in total. The normalized spacial score (nSPS) is 26.5. The van der Waals surface area contributed by atoms with Gasteiger partial charge in [-0.3, -0.25) is 0 Å². The van der Waals surface area contributed by atoms with Crippen molar-refractivity contribution < 1.29 is 0 Å². The molecule has 0 saturated heterocycles. The third-order valence-electron chi connectivity index (χ3n) is 3.33. The second-order valence-corrected chi connectivity index (χ2v) is 5.44. The van der Waals surface area contributed by atoms with E-state index in [2.05, 4.69) is 31.2 Å². The van der Waals surface area contributed by atoms with Gasteiger partial charge in [0.25, 0.3) is 0 Å². The van der Waals surface area contributed by atoms with Crippen LogP contribution in [0.4, 0.5) is 0 Å². The van der Waals surface area contributed by atoms with Crippen LogP contribution in [0.5, 0.6) is 0 Å². The molecule has 2 atom stereocenters. The van der Waals surface area contributed by atoms with E-state index in [1.165, 1.54) is 43.2 Å². The highest BCUT2D eigenvalue weighted by Gasteiger charge is 2.20. The average Bonchev–Trinajstić information content (AvgIpc) is 2.17. The van der Waals surface area contributed by atoms with Crippen LogP contribution in [0.25, 0.3) is 0 Å². The lowest BCUT2D eigenvalue weighted by atomic mass is 9.84. The summed E-state index contributed by atoms with van der Waals surface area (Å²) in [6, 6.07) is 8.86. The van der Waals surface area contributed by atoms with Gasteiger partial charge in [0.05, 0.1) is 0 Å². The predicted octanol–water partition coefficient (Wildman–Crippen LogP) is 4.34. The molecule has 1 heteroatoms. The number of benzene rings is 1. The molecular weight excluding hydrogens is 204 g/mol. The van der Waals surface area contributed by atoms with Gasteiger partial charge in [-0.05, 0) is 37.7 Å². The highest BCUT2D eigenvalue weighted by atomic mass is 35.5. The lowest BCUT2D eigenvalue weighted by Crippen LogP contribution is -2.17. The molecule has 0 spiro atoms. The number of aryl methyl sites for hydroxylation is 1. The first kappa shape index (κ1) is 11.0. The quantitative estimate of drug-likeness (QED) is 0.654. The van der Waals surface area contributed by atoms with Gasteiger partial charge >= 0.3 is 0 Å². The van der Waals surface area contributed by atoms with Crippen molar-refractivity contribution in [3.63, 3.8) is 0 Å². The summed E-state index contributed by atoms with van der Waals surface area (Å²) in [5, 5.41) is 0.425. The Morgan fingerprint density at radius 2 is 2.20 bits per heavy atom. The minimum absolute atomic E-state index is 0.425. The van der Waals surface area contributed by atoms with E-state index in [0.717, 1.165) is 5.92 Å². The molecule has 1 aromatic rings. The van der Waals surface area contributed by atoms with E-state index < -0.39 is 0 Å². The summed E-state index contributed by atoms with van der Waals surface area (Å²) in [5.74, 6) is 0.808. The fourth-order valence-corrected chi connectivity index (χ4v) is 2.99. The Labute approximate surface area is 97.6 Å². The number of alkyl halides is 1. The maximum Gasteiger partial charge on any atom is 0.0338 e. The summed E-state index contributed by atoms with van der Waals surface area (Å²) >= 11 is 6.21. The highest BCUT2D eigenvalue weighted by molar-refractivity contribution is 6.20. The van der Waals surface area contributed by atoms with Crippen LogP contribution in [0.3, 0.4) is 0 Å². The molecule has 1 fully saturated rings. The third-order valence-corrected chi connectivity index (χ3v) is 3.72. The van der Waals surface area contributed by atoms with Crippen molar-refractivity contribution in [3.8, 4) is 0 Å². The first-order valence-corrected chi connectivity index (χ1v) is 6.37. The Morgan fingerprint density at radius 3 is 2.93 bits per heavy atom. The van der Waals surface area contributed by atoms with Crippen LogP contribution in [0, 0.1) is 12.8 Å². The molecule has 0 bridgehead atoms. The van der Waals surface area contributed by atoms with Crippen LogP contribution >= 0.6 is 11.6 Å². The number of hydrogen-bond donors (Lipinski definition) is 0. The molecular formula is C14H19Cl. The van der Waals surface area contributed by atoms with Gasteiger partial charge in [-0.1, -0.05) is 42.7 Å². The van der Waals surface area contributed by atoms with E-state index in [4.69, 9.17) is 11.6 Å². The van der Waals surface area contributed by atoms with Gasteiger partial charge in [-0.15, -0.1) is 11.6 Å². The molecule has 2 unspecified atom stereocenters. The minimum atomic E-state index is 0.425. The Hall–Kier alpha value is -0.490. The van der Waals surface area contributed by atoms with Crippen molar-refractivity contribution in [1.82, 2.24) is 0 Å². The molecule has 1 aliphatic rings. The number of halogens is 1. The summed E-state index contributed by atoms with van der Waals surface area (Å²) < 4.78 is 0. The lowest BCUT2D eigenvalue weighted by Gasteiger charge is -2.25. The van der Waals surface area contributed by atoms with Crippen molar-refractivity contribution >= 4 is 11.6 Å². The molecule has 0 heterocycles. The molecule has 0 radical (unpaired) electrons. The largest absolute Gasteiger partial charge is 0.123 e. The highest BCUT2D eigenvalue weighted by Crippen LogP contribution is 2.30. The first-order valence-electron chi connectivity index (χ1n) is 5.93. The molecule has 0 aromatic heterocycles. The molecule has 1 saturated carbocycles. The van der Waals surface area contributed by atoms with Gasteiger partial charge in [-0.25, -0.2) is 0 Å². The summed E-state index contributed by atoms with van der Waals surface area (Å²) in [7, 11) is 0. The SMILES string of the molecule is Cc1cccc(CC2CCCC(Cl)C2)c1. The van der Waals surface area contributed by atoms with Gasteiger partial charge in [0.15, 0.2) is 0 Å². The van der Waals surface area contributed by atoms with Crippen LogP contribution in [0.1, 0.15) is 36.8 Å². The van der Waals surface area contributed by atoms with E-state index in [-0.39, 0.29) is 0 Å². The standard InChI is InChI=1S/C14H19Cl/c1-11-4-2-5-12(8-11)9-13-6-3-7-14(15)10-13/h2,4-5,8,13-14H,3,6-7,9-10H2,1H3. The van der Waals surface area contributed by atoms with Gasteiger partial charge in [-0.2, -0.15) is 0 Å². The fourth-order valence-electron chi connectivity index (χ4n) is 2.58. The van der Waals surface area contributed by atoms with Gasteiger partial charge in [0.2, 0.25) is 0 Å². The average molecular weight is 223 g/mol. The first-order chi connectivity index (χ1) is 7.24. The van der Waals surface area contributed by atoms with Crippen LogP contribution in [0.15, 0.2) is 24.3 Å². The van der Waals surface area contributed by atoms with Crippen LogP contribution in [-0.2, 0) is 6.42 Å². The van der Waals surface area contributed by atoms with E-state index in [1.807, 2.05) is 0 Å². The topological polar surface area (TPSA) is 0 Å². The molecule has 15 heavy (non-hydrogen) atoms. The zero-order valence-electron chi connectivity index (χ0n) is 9.38. The van der Waals surface area contributed by atoms with Crippen LogP contribution < -0.4 is 0 Å². The zero-order chi connectivity index (χ0) is 10.7. The Bertz CT molecular complexity index is 319. The molecule has 1 aromatic carbocycles. The molecule has 0 N–H and O–H groups in total. The lowest BCUT2D eigenvalue weighted by molar-refractivity contribution is 0.361. The van der Waals surface area contributed by atoms with Gasteiger partial charge in [0, 0.05) is 5.38 Å². The smallest absolute Gasteiger partial charge is 0.0338 e. The maximum absolute atomic E-state index is 6.21. The Kier molecular flexibility index (Phi) is 3.69. The van der Waals surface area contributed by atoms with E-state index in [0.29, 0.717) is 5.38 Å². The second kappa shape index (κ2) is 5.03. The number of rotatable bonds is 2. The maximum atomic E-state index is 6.21. The van der Waals surface area contributed by atoms with E-state index in [1.54, 1.807) is 0 Å². The van der Waals surface area contributed by atoms with Crippen molar-refractivity contribution in [2.75, 3.05) is 0 Å². The molecule has 1 aliphatic carbocycles. The molecule has 82 valence electrons.